The third-order valence-corrected chi connectivity index (χ3v) is 7.13. The van der Waals surface area contributed by atoms with E-state index in [1.165, 1.54) is 36.9 Å². The zero-order chi connectivity index (χ0) is 23.9. The van der Waals surface area contributed by atoms with Crippen molar-refractivity contribution in [3.8, 4) is 11.5 Å². The summed E-state index contributed by atoms with van der Waals surface area (Å²) < 4.78 is 70.1. The molecule has 0 aliphatic carbocycles. The van der Waals surface area contributed by atoms with E-state index >= 15 is 4.39 Å². The van der Waals surface area contributed by atoms with Crippen LogP contribution in [0.1, 0.15) is 6.42 Å². The average Bonchev–Trinajstić information content (AvgIpc) is 3.27. The van der Waals surface area contributed by atoms with Crippen LogP contribution in [-0.4, -0.2) is 48.6 Å². The molecule has 0 radical (unpaired) electrons. The molecule has 9 nitrogen and oxygen atoms in total. The molecule has 0 bridgehead atoms. The maximum absolute atomic E-state index is 15.0. The molecule has 1 aliphatic heterocycles. The molecular formula is C20H19ClF2N4O5S. The van der Waals surface area contributed by atoms with Gasteiger partial charge in [0.05, 0.1) is 23.6 Å². The summed E-state index contributed by atoms with van der Waals surface area (Å²) in [7, 11) is -1.12. The van der Waals surface area contributed by atoms with E-state index in [1.54, 1.807) is 0 Å². The first-order valence-corrected chi connectivity index (χ1v) is 11.5. The van der Waals surface area contributed by atoms with Gasteiger partial charge in [-0.2, -0.15) is 12.7 Å². The summed E-state index contributed by atoms with van der Waals surface area (Å²) in [5.41, 5.74) is -0.722. The van der Waals surface area contributed by atoms with E-state index in [1.807, 2.05) is 0 Å². The van der Waals surface area contributed by atoms with Crippen molar-refractivity contribution in [1.29, 1.82) is 0 Å². The minimum atomic E-state index is -4.01. The van der Waals surface area contributed by atoms with Crippen molar-refractivity contribution in [2.75, 3.05) is 24.9 Å². The lowest BCUT2D eigenvalue weighted by molar-refractivity contribution is 0.115. The van der Waals surface area contributed by atoms with Crippen molar-refractivity contribution in [2.45, 2.75) is 12.5 Å². The van der Waals surface area contributed by atoms with Crippen LogP contribution in [0.25, 0.3) is 10.9 Å². The molecule has 4 rings (SSSR count). The Morgan fingerprint density at radius 3 is 2.70 bits per heavy atom. The van der Waals surface area contributed by atoms with Crippen LogP contribution in [0.5, 0.6) is 11.5 Å². The number of nitrogens with one attached hydrogen (secondary N) is 1. The number of fused-ring (bicyclic) bond motifs is 1. The molecule has 0 spiro atoms. The predicted octanol–water partition coefficient (Wildman–Crippen LogP) is 3.03. The minimum absolute atomic E-state index is 0.0935. The summed E-state index contributed by atoms with van der Waals surface area (Å²) in [6, 6.07) is 4.57. The van der Waals surface area contributed by atoms with Crippen molar-refractivity contribution in [3.63, 3.8) is 0 Å². The molecule has 1 fully saturated rings. The Hall–Kier alpha value is -2.80. The van der Waals surface area contributed by atoms with Crippen molar-refractivity contribution in [1.82, 2.24) is 13.9 Å². The van der Waals surface area contributed by atoms with Crippen LogP contribution in [0.3, 0.4) is 0 Å². The molecule has 0 saturated carbocycles. The number of nitrogens with zero attached hydrogens (tertiary/aromatic N) is 3. The van der Waals surface area contributed by atoms with Crippen LogP contribution in [0, 0.1) is 11.6 Å². The number of ether oxygens (including phenoxy) is 2. The van der Waals surface area contributed by atoms with Crippen LogP contribution in [-0.2, 0) is 22.0 Å². The van der Waals surface area contributed by atoms with Gasteiger partial charge in [0.25, 0.3) is 5.56 Å². The molecule has 3 aromatic rings. The van der Waals surface area contributed by atoms with Gasteiger partial charge in [-0.25, -0.2) is 13.8 Å². The highest BCUT2D eigenvalue weighted by Crippen LogP contribution is 2.39. The van der Waals surface area contributed by atoms with Gasteiger partial charge in [0, 0.05) is 27.2 Å². The molecular weight excluding hydrogens is 482 g/mol. The smallest absolute Gasteiger partial charge is 0.301 e. The van der Waals surface area contributed by atoms with E-state index < -0.39 is 43.9 Å². The van der Waals surface area contributed by atoms with E-state index in [4.69, 9.17) is 21.1 Å². The zero-order valence-electron chi connectivity index (χ0n) is 17.5. The van der Waals surface area contributed by atoms with E-state index in [0.717, 1.165) is 16.7 Å². The number of hydrogen-bond donors (Lipinski definition) is 1. The van der Waals surface area contributed by atoms with Gasteiger partial charge in [-0.3, -0.25) is 9.52 Å². The van der Waals surface area contributed by atoms with Crippen molar-refractivity contribution in [2.24, 2.45) is 7.05 Å². The maximum atomic E-state index is 15.0. The summed E-state index contributed by atoms with van der Waals surface area (Å²) >= 11 is 6.22. The molecule has 33 heavy (non-hydrogen) atoms. The Kier molecular flexibility index (Phi) is 6.27. The van der Waals surface area contributed by atoms with Crippen LogP contribution < -0.4 is 15.0 Å². The van der Waals surface area contributed by atoms with Gasteiger partial charge in [-0.1, -0.05) is 11.6 Å². The minimum Gasteiger partial charge on any atom is -0.450 e. The molecule has 1 aliphatic rings. The maximum Gasteiger partial charge on any atom is 0.301 e. The number of halogens is 3. The average molecular weight is 501 g/mol. The number of rotatable bonds is 6. The molecule has 2 aromatic carbocycles. The number of benzene rings is 2. The topological polar surface area (TPSA) is 103 Å². The van der Waals surface area contributed by atoms with Gasteiger partial charge in [0.2, 0.25) is 0 Å². The van der Waals surface area contributed by atoms with E-state index in [0.29, 0.717) is 6.42 Å². The largest absolute Gasteiger partial charge is 0.450 e. The van der Waals surface area contributed by atoms with E-state index in [2.05, 4.69) is 9.71 Å². The van der Waals surface area contributed by atoms with Gasteiger partial charge in [0.15, 0.2) is 23.1 Å². The number of aromatic nitrogens is 2. The summed E-state index contributed by atoms with van der Waals surface area (Å²) in [4.78, 5) is 16.3. The van der Waals surface area contributed by atoms with Gasteiger partial charge in [-0.15, -0.1) is 0 Å². The highest BCUT2D eigenvalue weighted by Gasteiger charge is 2.32. The second-order valence-corrected chi connectivity index (χ2v) is 9.43. The van der Waals surface area contributed by atoms with Crippen LogP contribution in [0.2, 0.25) is 5.02 Å². The van der Waals surface area contributed by atoms with Crippen molar-refractivity contribution < 1.29 is 26.7 Å². The summed E-state index contributed by atoms with van der Waals surface area (Å²) in [5, 5.41) is -0.757. The quantitative estimate of drug-likeness (QED) is 0.558. The Balaban J connectivity index is 1.68. The fraction of sp³-hybridized carbons (Fsp3) is 0.300. The molecule has 13 heteroatoms. The van der Waals surface area contributed by atoms with Crippen LogP contribution in [0.15, 0.2) is 35.4 Å². The predicted molar refractivity (Wildman–Crippen MR) is 118 cm³/mol. The molecule has 0 amide bonds. The fourth-order valence-electron chi connectivity index (χ4n) is 3.44. The first-order valence-electron chi connectivity index (χ1n) is 9.72. The fourth-order valence-corrected chi connectivity index (χ4v) is 5.02. The van der Waals surface area contributed by atoms with E-state index in [9.17, 15) is 17.6 Å². The number of aryl methyl sites for hydroxylation is 1. The zero-order valence-corrected chi connectivity index (χ0v) is 19.1. The van der Waals surface area contributed by atoms with Crippen LogP contribution in [0.4, 0.5) is 14.5 Å². The highest BCUT2D eigenvalue weighted by molar-refractivity contribution is 7.90. The van der Waals surface area contributed by atoms with Crippen LogP contribution >= 0.6 is 11.6 Å². The molecule has 176 valence electrons. The molecule has 1 atom stereocenters. The van der Waals surface area contributed by atoms with E-state index in [-0.39, 0.29) is 35.8 Å². The lowest BCUT2D eigenvalue weighted by atomic mass is 10.2. The molecule has 2 heterocycles. The number of anilines is 1. The third kappa shape index (κ3) is 4.38. The summed E-state index contributed by atoms with van der Waals surface area (Å²) in [5.74, 6) is -3.09. The standard InChI is InChI=1S/C20H19ClF2N4O5S/c1-26-10-24-13-5-6-15(18(23)16(13)20(26)28)32-19-12(22)3-4-14(17(19)21)25-33(29,30)27-8-7-11(9-27)31-2/h3-6,10-11,25H,7-9H2,1-2H3. The molecule has 1 unspecified atom stereocenters. The third-order valence-electron chi connectivity index (χ3n) is 5.27. The van der Waals surface area contributed by atoms with Gasteiger partial charge >= 0.3 is 10.2 Å². The molecule has 1 aromatic heterocycles. The highest BCUT2D eigenvalue weighted by atomic mass is 35.5. The monoisotopic (exact) mass is 500 g/mol. The van der Waals surface area contributed by atoms with Gasteiger partial charge in [0.1, 0.15) is 10.4 Å². The number of methoxy groups -OCH3 is 1. The van der Waals surface area contributed by atoms with Gasteiger partial charge < -0.3 is 14.0 Å². The number of hydrogen-bond acceptors (Lipinski definition) is 6. The first-order chi connectivity index (χ1) is 15.6. The van der Waals surface area contributed by atoms with Crippen molar-refractivity contribution in [3.05, 3.63) is 57.6 Å². The first kappa shape index (κ1) is 23.4. The summed E-state index contributed by atoms with van der Waals surface area (Å²) in [6.45, 7) is 0.389. The normalized spacial score (nSPS) is 16.9. The summed E-state index contributed by atoms with van der Waals surface area (Å²) in [6.07, 6.45) is 1.53. The van der Waals surface area contributed by atoms with Gasteiger partial charge in [-0.05, 0) is 30.7 Å². The Morgan fingerprint density at radius 1 is 1.24 bits per heavy atom. The second-order valence-electron chi connectivity index (χ2n) is 7.38. The Labute approximate surface area is 192 Å². The molecule has 1 saturated heterocycles. The van der Waals surface area contributed by atoms with Crippen molar-refractivity contribution >= 4 is 38.4 Å². The SMILES string of the molecule is COC1CCN(S(=O)(=O)Nc2ccc(F)c(Oc3ccc4ncn(C)c(=O)c4c3F)c2Cl)C1. The molecule has 1 N–H and O–H groups in total. The lowest BCUT2D eigenvalue weighted by Gasteiger charge is -2.19. The Bertz CT molecular complexity index is 1400. The lowest BCUT2D eigenvalue weighted by Crippen LogP contribution is -2.35. The second kappa shape index (κ2) is 8.86. The Morgan fingerprint density at radius 2 is 2.00 bits per heavy atom.